The Morgan fingerprint density at radius 3 is 2.34 bits per heavy atom. The van der Waals surface area contributed by atoms with E-state index in [9.17, 15) is 14.4 Å². The number of amidine groups is 1. The predicted molar refractivity (Wildman–Crippen MR) is 153 cm³/mol. The number of nitrogens with zero attached hydrogens (tertiary/aromatic N) is 5. The van der Waals surface area contributed by atoms with Gasteiger partial charge in [-0.25, -0.2) is 15.0 Å². The first-order valence-electron chi connectivity index (χ1n) is 13.8. The molecule has 0 amide bonds. The Labute approximate surface area is 244 Å². The number of aliphatic imine (C=N–C) groups is 3. The Bertz CT molecular complexity index is 1250. The van der Waals surface area contributed by atoms with Crippen LogP contribution in [0.5, 0.6) is 0 Å². The van der Waals surface area contributed by atoms with Gasteiger partial charge in [0.1, 0.15) is 24.8 Å². The molecule has 41 heavy (non-hydrogen) atoms. The largest absolute Gasteiger partial charge is 0.463 e. The van der Waals surface area contributed by atoms with Crippen LogP contribution in [-0.2, 0) is 39.8 Å². The maximum Gasteiger partial charge on any atom is 0.303 e. The van der Waals surface area contributed by atoms with Gasteiger partial charge >= 0.3 is 17.9 Å². The fourth-order valence-electron chi connectivity index (χ4n) is 5.70. The number of benzene rings is 1. The van der Waals surface area contributed by atoms with Crippen LogP contribution in [0.2, 0.25) is 0 Å². The molecule has 0 N–H and O–H groups in total. The highest BCUT2D eigenvalue weighted by atomic mass is 32.1. The van der Waals surface area contributed by atoms with Crippen LogP contribution in [0.15, 0.2) is 45.3 Å². The standard InChI is InChI=1S/C28H35N5O7S/c1-17(34)37-15-21-22(38-18(2)35)23(39-19(3)36)26(40-21)33-25-24(31-27(33)32-12-8-5-9-13-32)28(41,30-16-29-25)14-20-10-6-4-7-11-20/h4,6-7,10-11,16,21-23,26-27,41H,5,8-9,12-15H2,1-3H3/t21-,22-,23-,26-,27?,28?/m1/s1. The minimum absolute atomic E-state index is 0.198. The summed E-state index contributed by atoms with van der Waals surface area (Å²) in [5.41, 5.74) is 1.60. The number of esters is 3. The first-order chi connectivity index (χ1) is 19.7. The van der Waals surface area contributed by atoms with E-state index in [1.54, 1.807) is 0 Å². The molecule has 220 valence electrons. The molecule has 1 aromatic rings. The summed E-state index contributed by atoms with van der Waals surface area (Å²) >= 11 is 5.03. The van der Waals surface area contributed by atoms with Crippen LogP contribution in [0.4, 0.5) is 0 Å². The molecule has 2 unspecified atom stereocenters. The van der Waals surface area contributed by atoms with E-state index in [2.05, 4.69) is 14.9 Å². The molecule has 13 heteroatoms. The van der Waals surface area contributed by atoms with Crippen LogP contribution < -0.4 is 0 Å². The fourth-order valence-corrected chi connectivity index (χ4v) is 6.09. The molecule has 4 heterocycles. The zero-order valence-corrected chi connectivity index (χ0v) is 24.2. The SMILES string of the molecule is CC(=O)OC[C@H]1O[C@@H](N2C3=NC=NC(S)(Cc4ccccc4)C3=NC2N2CCCCC2)[C@H](OC(C)=O)[C@@H]1OC(C)=O. The van der Waals surface area contributed by atoms with Crippen molar-refractivity contribution in [2.24, 2.45) is 15.0 Å². The van der Waals surface area contributed by atoms with Crippen molar-refractivity contribution in [3.63, 3.8) is 0 Å². The second-order valence-electron chi connectivity index (χ2n) is 10.5. The quantitative estimate of drug-likeness (QED) is 0.276. The van der Waals surface area contributed by atoms with Gasteiger partial charge in [0.25, 0.3) is 0 Å². The van der Waals surface area contributed by atoms with E-state index >= 15 is 0 Å². The van der Waals surface area contributed by atoms with Crippen molar-refractivity contribution in [1.82, 2.24) is 9.80 Å². The second kappa shape index (κ2) is 12.3. The molecule has 0 radical (unpaired) electrons. The molecular weight excluding hydrogens is 550 g/mol. The molecule has 1 aromatic carbocycles. The van der Waals surface area contributed by atoms with Gasteiger partial charge in [-0.15, -0.1) is 12.6 Å². The van der Waals surface area contributed by atoms with Gasteiger partial charge in [-0.1, -0.05) is 36.8 Å². The van der Waals surface area contributed by atoms with Crippen molar-refractivity contribution < 1.29 is 33.3 Å². The van der Waals surface area contributed by atoms with Crippen molar-refractivity contribution in [1.29, 1.82) is 0 Å². The van der Waals surface area contributed by atoms with Gasteiger partial charge in [-0.05, 0) is 18.4 Å². The molecule has 0 bridgehead atoms. The minimum atomic E-state index is -1.05. The van der Waals surface area contributed by atoms with E-state index in [0.29, 0.717) is 18.0 Å². The molecule has 5 rings (SSSR count). The fraction of sp³-hybridized carbons (Fsp3) is 0.571. The summed E-state index contributed by atoms with van der Waals surface area (Å²) in [6.45, 7) is 5.20. The number of carbonyl (C=O) groups is 3. The molecule has 0 aliphatic carbocycles. The molecule has 0 spiro atoms. The lowest BCUT2D eigenvalue weighted by Crippen LogP contribution is -2.58. The summed E-state index contributed by atoms with van der Waals surface area (Å²) < 4.78 is 23.0. The summed E-state index contributed by atoms with van der Waals surface area (Å²) in [6, 6.07) is 9.89. The van der Waals surface area contributed by atoms with Gasteiger partial charge in [0.05, 0.1) is 0 Å². The number of thiol groups is 1. The van der Waals surface area contributed by atoms with Gasteiger partial charge in [-0.2, -0.15) is 0 Å². The first-order valence-corrected chi connectivity index (χ1v) is 14.2. The monoisotopic (exact) mass is 585 g/mol. The van der Waals surface area contributed by atoms with Crippen molar-refractivity contribution >= 4 is 48.4 Å². The van der Waals surface area contributed by atoms with Gasteiger partial charge < -0.3 is 18.9 Å². The highest BCUT2D eigenvalue weighted by molar-refractivity contribution is 7.83. The highest BCUT2D eigenvalue weighted by Gasteiger charge is 2.58. The average molecular weight is 586 g/mol. The number of rotatable bonds is 8. The number of hydrogen-bond donors (Lipinski definition) is 1. The van der Waals surface area contributed by atoms with E-state index in [4.69, 9.17) is 36.6 Å². The van der Waals surface area contributed by atoms with Crippen molar-refractivity contribution in [2.75, 3.05) is 19.7 Å². The van der Waals surface area contributed by atoms with E-state index < -0.39 is 53.6 Å². The zero-order valence-electron chi connectivity index (χ0n) is 23.3. The second-order valence-corrected chi connectivity index (χ2v) is 11.3. The summed E-state index contributed by atoms with van der Waals surface area (Å²) in [6.07, 6.45) is 0.546. The number of ether oxygens (including phenoxy) is 4. The predicted octanol–water partition coefficient (Wildman–Crippen LogP) is 1.97. The van der Waals surface area contributed by atoms with E-state index in [0.717, 1.165) is 37.9 Å². The zero-order chi connectivity index (χ0) is 29.1. The molecule has 0 saturated carbocycles. The van der Waals surface area contributed by atoms with Crippen molar-refractivity contribution in [3.05, 3.63) is 35.9 Å². The van der Waals surface area contributed by atoms with Gasteiger partial charge in [-0.3, -0.25) is 24.2 Å². The first kappa shape index (κ1) is 29.2. The molecule has 4 aliphatic rings. The van der Waals surface area contributed by atoms with Crippen LogP contribution in [0.25, 0.3) is 0 Å². The maximum atomic E-state index is 12.3. The summed E-state index contributed by atoms with van der Waals surface area (Å²) in [5.74, 6) is -1.20. The van der Waals surface area contributed by atoms with E-state index in [1.807, 2.05) is 35.2 Å². The van der Waals surface area contributed by atoms with Gasteiger partial charge in [0, 0.05) is 40.3 Å². The van der Waals surface area contributed by atoms with Crippen LogP contribution >= 0.6 is 12.6 Å². The lowest BCUT2D eigenvalue weighted by molar-refractivity contribution is -0.168. The normalized spacial score (nSPS) is 31.2. The van der Waals surface area contributed by atoms with Gasteiger partial charge in [0.15, 0.2) is 35.4 Å². The summed E-state index contributed by atoms with van der Waals surface area (Å²) in [4.78, 5) is 53.6. The van der Waals surface area contributed by atoms with Crippen LogP contribution in [0, 0.1) is 0 Å². The molecule has 2 fully saturated rings. The van der Waals surface area contributed by atoms with Crippen LogP contribution in [-0.4, -0.2) is 101 Å². The summed E-state index contributed by atoms with van der Waals surface area (Å²) in [5, 5.41) is 0. The topological polar surface area (TPSA) is 132 Å². The third kappa shape index (κ3) is 6.31. The number of piperidine rings is 1. The Hall–Kier alpha value is -3.29. The molecule has 2 saturated heterocycles. The number of carbonyl (C=O) groups excluding carboxylic acids is 3. The van der Waals surface area contributed by atoms with Crippen LogP contribution in [0.3, 0.4) is 0 Å². The molecule has 12 nitrogen and oxygen atoms in total. The Morgan fingerprint density at radius 2 is 1.68 bits per heavy atom. The maximum absolute atomic E-state index is 12.3. The van der Waals surface area contributed by atoms with Crippen molar-refractivity contribution in [2.45, 2.75) is 82.2 Å². The molecule has 4 aliphatic heterocycles. The minimum Gasteiger partial charge on any atom is -0.463 e. The van der Waals surface area contributed by atoms with Gasteiger partial charge in [0.2, 0.25) is 0 Å². The third-order valence-corrected chi connectivity index (χ3v) is 7.89. The molecule has 6 atom stereocenters. The highest BCUT2D eigenvalue weighted by Crippen LogP contribution is 2.39. The smallest absolute Gasteiger partial charge is 0.303 e. The third-order valence-electron chi connectivity index (χ3n) is 7.41. The number of hydrogen-bond acceptors (Lipinski definition) is 13. The Kier molecular flexibility index (Phi) is 8.76. The van der Waals surface area contributed by atoms with Crippen LogP contribution in [0.1, 0.15) is 45.6 Å². The lowest BCUT2D eigenvalue weighted by Gasteiger charge is -2.40. The summed E-state index contributed by atoms with van der Waals surface area (Å²) in [7, 11) is 0. The van der Waals surface area contributed by atoms with Crippen molar-refractivity contribution in [3.8, 4) is 0 Å². The van der Waals surface area contributed by atoms with E-state index in [1.165, 1.54) is 27.1 Å². The Balaban J connectivity index is 1.54. The Morgan fingerprint density at radius 1 is 1.00 bits per heavy atom. The molecule has 0 aromatic heterocycles. The average Bonchev–Trinajstić information content (AvgIpc) is 3.47. The molecular formula is C28H35N5O7S. The lowest BCUT2D eigenvalue weighted by atomic mass is 10.00. The number of likely N-dealkylation sites (tertiary alicyclic amines) is 1. The van der Waals surface area contributed by atoms with E-state index in [-0.39, 0.29) is 6.61 Å². The number of fused-ring (bicyclic) bond motifs is 1.